The molecule has 10 heteroatoms. The Labute approximate surface area is 163 Å². The van der Waals surface area contributed by atoms with Gasteiger partial charge in [0.2, 0.25) is 5.91 Å². The predicted octanol–water partition coefficient (Wildman–Crippen LogP) is 3.38. The molecule has 0 atom stereocenters. The lowest BCUT2D eigenvalue weighted by Crippen LogP contribution is -2.17. The molecule has 0 aliphatic heterocycles. The van der Waals surface area contributed by atoms with Crippen LogP contribution in [0.2, 0.25) is 0 Å². The Balaban J connectivity index is 1.66. The van der Waals surface area contributed by atoms with Gasteiger partial charge in [-0.3, -0.25) is 14.9 Å². The zero-order chi connectivity index (χ0) is 20.1. The first kappa shape index (κ1) is 19.4. The van der Waals surface area contributed by atoms with E-state index in [-0.39, 0.29) is 29.5 Å². The van der Waals surface area contributed by atoms with Crippen molar-refractivity contribution in [1.29, 1.82) is 0 Å². The molecule has 0 aliphatic carbocycles. The fourth-order valence-electron chi connectivity index (χ4n) is 2.46. The molecule has 0 saturated heterocycles. The summed E-state index contributed by atoms with van der Waals surface area (Å²) in [7, 11) is 0. The Morgan fingerprint density at radius 2 is 2.07 bits per heavy atom. The monoisotopic (exact) mass is 400 g/mol. The Kier molecular flexibility index (Phi) is 5.90. The van der Waals surface area contributed by atoms with Crippen LogP contribution in [0.5, 0.6) is 0 Å². The molecule has 1 amide bonds. The number of anilines is 1. The largest absolute Gasteiger partial charge is 0.462 e. The summed E-state index contributed by atoms with van der Waals surface area (Å²) in [6.07, 6.45) is 0. The summed E-state index contributed by atoms with van der Waals surface area (Å²) in [5.41, 5.74) is 1.69. The number of H-pyrrole nitrogens is 1. The average Bonchev–Trinajstić information content (AvgIpc) is 3.09. The minimum Gasteiger partial charge on any atom is -0.462 e. The number of carbonyl (C=O) groups excluding carboxylic acids is 2. The second kappa shape index (κ2) is 8.53. The second-order valence-corrected chi connectivity index (χ2v) is 6.57. The minimum absolute atomic E-state index is 0.0407. The van der Waals surface area contributed by atoms with Crippen molar-refractivity contribution in [3.8, 4) is 0 Å². The van der Waals surface area contributed by atoms with Crippen molar-refractivity contribution < 1.29 is 19.2 Å². The number of esters is 1. The number of rotatable bonds is 7. The van der Waals surface area contributed by atoms with E-state index >= 15 is 0 Å². The number of nitro benzene ring substituents is 1. The van der Waals surface area contributed by atoms with Crippen LogP contribution in [0.1, 0.15) is 17.3 Å². The van der Waals surface area contributed by atoms with Crippen LogP contribution in [0.15, 0.2) is 47.6 Å². The first-order chi connectivity index (χ1) is 13.5. The molecule has 0 spiro atoms. The fraction of sp³-hybridized carbons (Fsp3) is 0.167. The predicted molar refractivity (Wildman–Crippen MR) is 105 cm³/mol. The number of imidazole rings is 1. The van der Waals surface area contributed by atoms with Gasteiger partial charge in [-0.1, -0.05) is 23.9 Å². The Morgan fingerprint density at radius 1 is 1.29 bits per heavy atom. The van der Waals surface area contributed by atoms with Crippen LogP contribution >= 0.6 is 11.8 Å². The number of thioether (sulfide) groups is 1. The highest BCUT2D eigenvalue weighted by atomic mass is 32.2. The quantitative estimate of drug-likeness (QED) is 0.269. The van der Waals surface area contributed by atoms with E-state index < -0.39 is 10.9 Å². The molecule has 28 heavy (non-hydrogen) atoms. The van der Waals surface area contributed by atoms with Gasteiger partial charge in [-0.25, -0.2) is 9.78 Å². The summed E-state index contributed by atoms with van der Waals surface area (Å²) in [6, 6.07) is 10.9. The third-order valence-electron chi connectivity index (χ3n) is 3.69. The lowest BCUT2D eigenvalue weighted by molar-refractivity contribution is -0.384. The third-order valence-corrected chi connectivity index (χ3v) is 4.56. The number of fused-ring (bicyclic) bond motifs is 1. The molecule has 144 valence electrons. The van der Waals surface area contributed by atoms with E-state index in [1.807, 2.05) is 0 Å². The highest BCUT2D eigenvalue weighted by molar-refractivity contribution is 7.99. The molecule has 0 saturated carbocycles. The van der Waals surface area contributed by atoms with Gasteiger partial charge in [-0.15, -0.1) is 0 Å². The van der Waals surface area contributed by atoms with Crippen LogP contribution in [0.4, 0.5) is 11.4 Å². The maximum atomic E-state index is 12.3. The number of benzene rings is 2. The second-order valence-electron chi connectivity index (χ2n) is 5.60. The van der Waals surface area contributed by atoms with Gasteiger partial charge in [-0.05, 0) is 25.1 Å². The van der Waals surface area contributed by atoms with Gasteiger partial charge < -0.3 is 15.0 Å². The van der Waals surface area contributed by atoms with Crippen LogP contribution in [0.3, 0.4) is 0 Å². The molecule has 1 aromatic heterocycles. The Bertz CT molecular complexity index is 1050. The molecular formula is C18H16N4O5S. The molecule has 1 heterocycles. The van der Waals surface area contributed by atoms with E-state index in [0.717, 1.165) is 11.8 Å². The molecule has 2 N–H and O–H groups in total. The number of carbonyl (C=O) groups is 2. The number of amides is 1. The molecule has 9 nitrogen and oxygen atoms in total. The maximum absolute atomic E-state index is 12.3. The average molecular weight is 400 g/mol. The summed E-state index contributed by atoms with van der Waals surface area (Å²) >= 11 is 1.15. The molecule has 0 aliphatic rings. The fourth-order valence-corrected chi connectivity index (χ4v) is 3.14. The van der Waals surface area contributed by atoms with Gasteiger partial charge in [0.05, 0.1) is 39.6 Å². The first-order valence-electron chi connectivity index (χ1n) is 8.31. The molecule has 3 aromatic rings. The number of ether oxygens (including phenoxy) is 1. The van der Waals surface area contributed by atoms with Crippen LogP contribution in [-0.4, -0.2) is 39.1 Å². The van der Waals surface area contributed by atoms with E-state index in [2.05, 4.69) is 15.3 Å². The third kappa shape index (κ3) is 4.46. The van der Waals surface area contributed by atoms with Crippen LogP contribution in [0.25, 0.3) is 11.0 Å². The Morgan fingerprint density at radius 3 is 2.82 bits per heavy atom. The topological polar surface area (TPSA) is 127 Å². The molecule has 3 rings (SSSR count). The maximum Gasteiger partial charge on any atom is 0.340 e. The molecule has 0 bridgehead atoms. The molecular weight excluding hydrogens is 384 g/mol. The summed E-state index contributed by atoms with van der Waals surface area (Å²) in [5.74, 6) is -0.794. The SMILES string of the molecule is CCOC(=O)c1ccccc1NC(=O)CSc1nc2ccc([N+](=O)[O-])cc2[nH]1. The van der Waals surface area contributed by atoms with E-state index in [4.69, 9.17) is 4.74 Å². The van der Waals surface area contributed by atoms with Crippen molar-refractivity contribution in [3.05, 3.63) is 58.1 Å². The summed E-state index contributed by atoms with van der Waals surface area (Å²) in [4.78, 5) is 41.8. The molecule has 2 aromatic carbocycles. The zero-order valence-electron chi connectivity index (χ0n) is 14.8. The van der Waals surface area contributed by atoms with Gasteiger partial charge in [0.25, 0.3) is 5.69 Å². The molecule has 0 unspecified atom stereocenters. The van der Waals surface area contributed by atoms with Crippen molar-refractivity contribution in [1.82, 2.24) is 9.97 Å². The minimum atomic E-state index is -0.509. The number of hydrogen-bond donors (Lipinski definition) is 2. The number of aromatic amines is 1. The standard InChI is InChI=1S/C18H16N4O5S/c1-2-27-17(24)12-5-3-4-6-13(12)19-16(23)10-28-18-20-14-8-7-11(22(25)26)9-15(14)21-18/h3-9H,2,10H2,1H3,(H,19,23)(H,20,21). The van der Waals surface area contributed by atoms with Crippen LogP contribution < -0.4 is 5.32 Å². The molecule has 0 radical (unpaired) electrons. The summed E-state index contributed by atoms with van der Waals surface area (Å²) < 4.78 is 4.98. The van der Waals surface area contributed by atoms with Crippen molar-refractivity contribution in [2.75, 3.05) is 17.7 Å². The zero-order valence-corrected chi connectivity index (χ0v) is 15.6. The number of aromatic nitrogens is 2. The van der Waals surface area contributed by atoms with E-state index in [1.165, 1.54) is 12.1 Å². The van der Waals surface area contributed by atoms with Gasteiger partial charge in [0.1, 0.15) is 0 Å². The first-order valence-corrected chi connectivity index (χ1v) is 9.29. The smallest absolute Gasteiger partial charge is 0.340 e. The van der Waals surface area contributed by atoms with Crippen molar-refractivity contribution in [2.24, 2.45) is 0 Å². The number of nitrogens with zero attached hydrogens (tertiary/aromatic N) is 2. The summed E-state index contributed by atoms with van der Waals surface area (Å²) in [6.45, 7) is 1.94. The Hall–Kier alpha value is -3.40. The van der Waals surface area contributed by atoms with Crippen LogP contribution in [0, 0.1) is 10.1 Å². The molecule has 0 fully saturated rings. The lowest BCUT2D eigenvalue weighted by Gasteiger charge is -2.09. The van der Waals surface area contributed by atoms with Crippen molar-refractivity contribution >= 4 is 46.0 Å². The van der Waals surface area contributed by atoms with Crippen molar-refractivity contribution in [2.45, 2.75) is 12.1 Å². The van der Waals surface area contributed by atoms with E-state index in [9.17, 15) is 19.7 Å². The normalized spacial score (nSPS) is 10.6. The number of nitro groups is 1. The highest BCUT2D eigenvalue weighted by Gasteiger charge is 2.15. The number of nitrogens with one attached hydrogen (secondary N) is 2. The highest BCUT2D eigenvalue weighted by Crippen LogP contribution is 2.23. The number of hydrogen-bond acceptors (Lipinski definition) is 7. The van der Waals surface area contributed by atoms with Crippen LogP contribution in [-0.2, 0) is 9.53 Å². The van der Waals surface area contributed by atoms with Crippen molar-refractivity contribution in [3.63, 3.8) is 0 Å². The summed E-state index contributed by atoms with van der Waals surface area (Å²) in [5, 5.41) is 14.0. The number of non-ortho nitro benzene ring substituents is 1. The van der Waals surface area contributed by atoms with Gasteiger partial charge in [-0.2, -0.15) is 0 Å². The number of para-hydroxylation sites is 1. The van der Waals surface area contributed by atoms with E-state index in [0.29, 0.717) is 21.9 Å². The lowest BCUT2D eigenvalue weighted by atomic mass is 10.2. The van der Waals surface area contributed by atoms with E-state index in [1.54, 1.807) is 37.3 Å². The van der Waals surface area contributed by atoms with Gasteiger partial charge in [0, 0.05) is 12.1 Å². The van der Waals surface area contributed by atoms with Gasteiger partial charge >= 0.3 is 5.97 Å². The van der Waals surface area contributed by atoms with Gasteiger partial charge in [0.15, 0.2) is 5.16 Å².